The summed E-state index contributed by atoms with van der Waals surface area (Å²) in [5, 5.41) is 2.19. The third-order valence-corrected chi connectivity index (χ3v) is 6.09. The van der Waals surface area contributed by atoms with Gasteiger partial charge in [-0.25, -0.2) is 0 Å². The number of fused-ring (bicyclic) bond motifs is 4. The van der Waals surface area contributed by atoms with Crippen molar-refractivity contribution in [2.24, 2.45) is 0 Å². The minimum absolute atomic E-state index is 0.182. The van der Waals surface area contributed by atoms with E-state index in [0.29, 0.717) is 17.3 Å². The zero-order chi connectivity index (χ0) is 21.7. The van der Waals surface area contributed by atoms with E-state index in [0.717, 1.165) is 33.2 Å². The highest BCUT2D eigenvalue weighted by Gasteiger charge is 2.34. The molecule has 2 heterocycles. The van der Waals surface area contributed by atoms with Gasteiger partial charge in [0.2, 0.25) is 5.88 Å². The van der Waals surface area contributed by atoms with Crippen LogP contribution in [0.5, 0.6) is 11.6 Å². The van der Waals surface area contributed by atoms with Crippen LogP contribution in [0, 0.1) is 6.92 Å². The lowest BCUT2D eigenvalue weighted by molar-refractivity contribution is 0.432. The largest absolute Gasteiger partial charge is 0.438 e. The van der Waals surface area contributed by atoms with Crippen LogP contribution in [-0.2, 0) is 0 Å². The maximum atomic E-state index is 13.5. The van der Waals surface area contributed by atoms with Gasteiger partial charge in [-0.3, -0.25) is 4.79 Å². The van der Waals surface area contributed by atoms with Crippen LogP contribution in [0.1, 0.15) is 28.2 Å². The summed E-state index contributed by atoms with van der Waals surface area (Å²) in [4.78, 5) is 21.2. The molecule has 0 radical (unpaired) electrons. The van der Waals surface area contributed by atoms with Crippen molar-refractivity contribution < 1.29 is 4.74 Å². The minimum atomic E-state index is -0.276. The number of aryl methyl sites for hydroxylation is 1. The molecule has 1 aliphatic rings. The molecule has 0 saturated carbocycles. The number of rotatable bonds is 2. The Bertz CT molecular complexity index is 1520. The Balaban J connectivity index is 1.65. The van der Waals surface area contributed by atoms with Crippen LogP contribution < -0.4 is 10.3 Å². The number of H-pyrrole nitrogens is 1. The number of hydrogen-bond donors (Lipinski definition) is 1. The lowest BCUT2D eigenvalue weighted by atomic mass is 9.81. The molecule has 154 valence electrons. The SMILES string of the molecule is Cc1ccc([C@@H]2c3c(nc(-c4ccccc4)[nH]c3=O)Oc3ccc4ccccc4c32)cc1. The number of ether oxygens (including phenoxy) is 1. The monoisotopic (exact) mass is 416 g/mol. The Morgan fingerprint density at radius 1 is 0.812 bits per heavy atom. The number of benzene rings is 4. The normalized spacial score (nSPS) is 14.5. The summed E-state index contributed by atoms with van der Waals surface area (Å²) in [7, 11) is 0. The third kappa shape index (κ3) is 2.92. The van der Waals surface area contributed by atoms with E-state index in [9.17, 15) is 4.79 Å². The second-order valence-electron chi connectivity index (χ2n) is 8.14. The zero-order valence-corrected chi connectivity index (χ0v) is 17.5. The van der Waals surface area contributed by atoms with E-state index in [2.05, 4.69) is 54.4 Å². The molecule has 0 aliphatic carbocycles. The molecule has 0 saturated heterocycles. The Hall–Kier alpha value is -4.18. The molecule has 32 heavy (non-hydrogen) atoms. The fourth-order valence-corrected chi connectivity index (χ4v) is 4.53. The standard InChI is InChI=1S/C28H20N2O2/c1-17-11-13-19(14-12-17)23-24-21-10-6-5-7-18(21)15-16-22(24)32-28-25(23)27(31)29-26(30-28)20-8-3-2-4-9-20/h2-16,23H,1H3,(H,29,30,31)/t23-/m0/s1. The smallest absolute Gasteiger partial charge is 0.259 e. The number of nitrogens with one attached hydrogen (secondary N) is 1. The molecule has 1 N–H and O–H groups in total. The minimum Gasteiger partial charge on any atom is -0.438 e. The Morgan fingerprint density at radius 2 is 1.56 bits per heavy atom. The predicted molar refractivity (Wildman–Crippen MR) is 126 cm³/mol. The van der Waals surface area contributed by atoms with Crippen molar-refractivity contribution >= 4 is 10.8 Å². The van der Waals surface area contributed by atoms with Gasteiger partial charge >= 0.3 is 0 Å². The quantitative estimate of drug-likeness (QED) is 0.366. The van der Waals surface area contributed by atoms with E-state index >= 15 is 0 Å². The van der Waals surface area contributed by atoms with Gasteiger partial charge in [-0.15, -0.1) is 0 Å². The van der Waals surface area contributed by atoms with Crippen molar-refractivity contribution in [3.8, 4) is 23.0 Å². The summed E-state index contributed by atoms with van der Waals surface area (Å²) >= 11 is 0. The molecular weight excluding hydrogens is 396 g/mol. The van der Waals surface area contributed by atoms with Gasteiger partial charge in [-0.2, -0.15) is 4.98 Å². The van der Waals surface area contributed by atoms with Crippen LogP contribution >= 0.6 is 0 Å². The highest BCUT2D eigenvalue weighted by molar-refractivity contribution is 5.90. The molecule has 0 amide bonds. The number of hydrogen-bond acceptors (Lipinski definition) is 3. The van der Waals surface area contributed by atoms with E-state index in [1.165, 1.54) is 5.56 Å². The molecule has 4 aromatic carbocycles. The summed E-state index contributed by atoms with van der Waals surface area (Å²) in [6.45, 7) is 2.06. The fourth-order valence-electron chi connectivity index (χ4n) is 4.53. The lowest BCUT2D eigenvalue weighted by Gasteiger charge is -2.28. The molecule has 1 atom stereocenters. The summed E-state index contributed by atoms with van der Waals surface area (Å²) in [6.07, 6.45) is 0. The average molecular weight is 416 g/mol. The zero-order valence-electron chi connectivity index (χ0n) is 17.5. The van der Waals surface area contributed by atoms with Gasteiger partial charge in [0.05, 0.1) is 5.56 Å². The number of aromatic nitrogens is 2. The van der Waals surface area contributed by atoms with E-state index in [-0.39, 0.29) is 11.5 Å². The molecule has 0 bridgehead atoms. The van der Waals surface area contributed by atoms with Gasteiger partial charge in [0.25, 0.3) is 5.56 Å². The lowest BCUT2D eigenvalue weighted by Crippen LogP contribution is -2.24. The van der Waals surface area contributed by atoms with Crippen molar-refractivity contribution in [1.29, 1.82) is 0 Å². The van der Waals surface area contributed by atoms with Crippen LogP contribution in [0.2, 0.25) is 0 Å². The fraction of sp³-hybridized carbons (Fsp3) is 0.0714. The molecule has 0 fully saturated rings. The van der Waals surface area contributed by atoms with Crippen LogP contribution in [0.25, 0.3) is 22.2 Å². The predicted octanol–water partition coefficient (Wildman–Crippen LogP) is 6.18. The van der Waals surface area contributed by atoms with E-state index in [4.69, 9.17) is 9.72 Å². The first kappa shape index (κ1) is 18.6. The van der Waals surface area contributed by atoms with Crippen molar-refractivity contribution in [3.05, 3.63) is 124 Å². The highest BCUT2D eigenvalue weighted by Crippen LogP contribution is 2.48. The second-order valence-corrected chi connectivity index (χ2v) is 8.14. The first-order valence-corrected chi connectivity index (χ1v) is 10.6. The summed E-state index contributed by atoms with van der Waals surface area (Å²) < 4.78 is 6.27. The summed E-state index contributed by atoms with van der Waals surface area (Å²) in [5.41, 5.74) is 4.41. The average Bonchev–Trinajstić information content (AvgIpc) is 2.83. The number of aromatic amines is 1. The van der Waals surface area contributed by atoms with Crippen LogP contribution in [0.15, 0.2) is 95.8 Å². The van der Waals surface area contributed by atoms with Crippen molar-refractivity contribution in [3.63, 3.8) is 0 Å². The van der Waals surface area contributed by atoms with E-state index in [1.54, 1.807) is 0 Å². The second kappa shape index (κ2) is 7.20. The van der Waals surface area contributed by atoms with Gasteiger partial charge in [0.1, 0.15) is 11.6 Å². The van der Waals surface area contributed by atoms with Gasteiger partial charge < -0.3 is 9.72 Å². The Morgan fingerprint density at radius 3 is 2.38 bits per heavy atom. The van der Waals surface area contributed by atoms with Gasteiger partial charge in [0.15, 0.2) is 0 Å². The third-order valence-electron chi connectivity index (χ3n) is 6.09. The Labute approximate surface area is 185 Å². The maximum absolute atomic E-state index is 13.5. The topological polar surface area (TPSA) is 55.0 Å². The van der Waals surface area contributed by atoms with Gasteiger partial charge in [-0.05, 0) is 29.3 Å². The van der Waals surface area contributed by atoms with Crippen LogP contribution in [0.4, 0.5) is 0 Å². The van der Waals surface area contributed by atoms with Gasteiger partial charge in [-0.1, -0.05) is 90.5 Å². The Kier molecular flexibility index (Phi) is 4.18. The molecule has 1 aliphatic heterocycles. The first-order valence-electron chi connectivity index (χ1n) is 10.6. The molecular formula is C28H20N2O2. The maximum Gasteiger partial charge on any atom is 0.259 e. The molecule has 4 nitrogen and oxygen atoms in total. The molecule has 0 spiro atoms. The summed E-state index contributed by atoms with van der Waals surface area (Å²) in [5.74, 6) is 1.32. The number of nitrogens with zero attached hydrogens (tertiary/aromatic N) is 1. The van der Waals surface area contributed by atoms with E-state index < -0.39 is 0 Å². The van der Waals surface area contributed by atoms with Crippen LogP contribution in [0.3, 0.4) is 0 Å². The van der Waals surface area contributed by atoms with Gasteiger partial charge in [0, 0.05) is 17.0 Å². The molecule has 4 heteroatoms. The molecule has 6 rings (SSSR count). The molecule has 0 unspecified atom stereocenters. The molecule has 1 aromatic heterocycles. The molecule has 5 aromatic rings. The van der Waals surface area contributed by atoms with Crippen molar-refractivity contribution in [2.45, 2.75) is 12.8 Å². The van der Waals surface area contributed by atoms with E-state index in [1.807, 2.05) is 48.5 Å². The van der Waals surface area contributed by atoms with Crippen molar-refractivity contribution in [2.75, 3.05) is 0 Å². The van der Waals surface area contributed by atoms with Crippen LogP contribution in [-0.4, -0.2) is 9.97 Å². The highest BCUT2D eigenvalue weighted by atomic mass is 16.5. The first-order chi connectivity index (χ1) is 15.7. The van der Waals surface area contributed by atoms with Crippen molar-refractivity contribution in [1.82, 2.24) is 9.97 Å². The summed E-state index contributed by atoms with van der Waals surface area (Å²) in [6, 6.07) is 30.2.